The number of nitrogens with one attached hydrogen (secondary N) is 1. The summed E-state index contributed by atoms with van der Waals surface area (Å²) in [6.07, 6.45) is 0.0749. The highest BCUT2D eigenvalue weighted by Gasteiger charge is 2.29. The van der Waals surface area contributed by atoms with Gasteiger partial charge in [-0.3, -0.25) is 0 Å². The second-order valence-corrected chi connectivity index (χ2v) is 4.77. The van der Waals surface area contributed by atoms with Crippen LogP contribution in [0.25, 0.3) is 0 Å². The van der Waals surface area contributed by atoms with E-state index in [1.165, 1.54) is 4.90 Å². The zero-order valence-corrected chi connectivity index (χ0v) is 11.2. The summed E-state index contributed by atoms with van der Waals surface area (Å²) in [7, 11) is 0. The average Bonchev–Trinajstić information content (AvgIpc) is 2.37. The van der Waals surface area contributed by atoms with Gasteiger partial charge in [-0.2, -0.15) is 0 Å². The highest BCUT2D eigenvalue weighted by molar-refractivity contribution is 5.77. The van der Waals surface area contributed by atoms with E-state index < -0.39 is 12.1 Å². The molecule has 6 nitrogen and oxygen atoms in total. The van der Waals surface area contributed by atoms with Gasteiger partial charge in [0.25, 0.3) is 0 Å². The van der Waals surface area contributed by atoms with Gasteiger partial charge in [0.15, 0.2) is 6.10 Å². The van der Waals surface area contributed by atoms with Gasteiger partial charge in [0.1, 0.15) is 0 Å². The van der Waals surface area contributed by atoms with Crippen molar-refractivity contribution in [2.75, 3.05) is 19.7 Å². The molecule has 3 unspecified atom stereocenters. The number of hydrogen-bond donors (Lipinski definition) is 2. The summed E-state index contributed by atoms with van der Waals surface area (Å²) in [5, 5.41) is 11.8. The maximum Gasteiger partial charge on any atom is 0.334 e. The minimum atomic E-state index is -1.03. The third-order valence-corrected chi connectivity index (χ3v) is 3.48. The summed E-state index contributed by atoms with van der Waals surface area (Å²) in [5.74, 6) is -0.632. The fourth-order valence-electron chi connectivity index (χ4n) is 1.77. The van der Waals surface area contributed by atoms with Crippen molar-refractivity contribution in [3.63, 3.8) is 0 Å². The van der Waals surface area contributed by atoms with Gasteiger partial charge in [-0.05, 0) is 12.8 Å². The minimum Gasteiger partial charge on any atom is -0.479 e. The second-order valence-electron chi connectivity index (χ2n) is 4.77. The number of carbonyl (C=O) groups excluding carboxylic acids is 1. The summed E-state index contributed by atoms with van der Waals surface area (Å²) < 4.78 is 5.07. The van der Waals surface area contributed by atoms with Crippen LogP contribution in [0.5, 0.6) is 0 Å². The smallest absolute Gasteiger partial charge is 0.334 e. The van der Waals surface area contributed by atoms with E-state index >= 15 is 0 Å². The normalized spacial score (nSPS) is 23.3. The van der Waals surface area contributed by atoms with Crippen LogP contribution in [-0.4, -0.2) is 53.8 Å². The number of rotatable bonds is 4. The topological polar surface area (TPSA) is 78.9 Å². The number of aliphatic carboxylic acids is 1. The molecule has 0 saturated carbocycles. The first-order valence-corrected chi connectivity index (χ1v) is 6.35. The fourth-order valence-corrected chi connectivity index (χ4v) is 1.77. The van der Waals surface area contributed by atoms with Crippen molar-refractivity contribution in [1.29, 1.82) is 0 Å². The van der Waals surface area contributed by atoms with Gasteiger partial charge in [0.05, 0.1) is 13.2 Å². The highest BCUT2D eigenvalue weighted by Crippen LogP contribution is 2.09. The van der Waals surface area contributed by atoms with Gasteiger partial charge in [0.2, 0.25) is 0 Å². The number of hydrogen-bond acceptors (Lipinski definition) is 3. The van der Waals surface area contributed by atoms with Crippen LogP contribution in [-0.2, 0) is 9.53 Å². The van der Waals surface area contributed by atoms with Crippen molar-refractivity contribution in [1.82, 2.24) is 10.2 Å². The zero-order valence-electron chi connectivity index (χ0n) is 11.2. The first-order valence-electron chi connectivity index (χ1n) is 6.35. The minimum absolute atomic E-state index is 0.0774. The van der Waals surface area contributed by atoms with Crippen LogP contribution in [0.4, 0.5) is 4.79 Å². The Bertz CT molecular complexity index is 308. The predicted molar refractivity (Wildman–Crippen MR) is 66.4 cm³/mol. The Morgan fingerprint density at radius 1 is 1.50 bits per heavy atom. The van der Waals surface area contributed by atoms with Crippen molar-refractivity contribution < 1.29 is 19.4 Å². The fraction of sp³-hybridized carbons (Fsp3) is 0.833. The molecule has 3 atom stereocenters. The Morgan fingerprint density at radius 3 is 2.72 bits per heavy atom. The molecule has 0 aromatic heterocycles. The van der Waals surface area contributed by atoms with Gasteiger partial charge in [-0.15, -0.1) is 0 Å². The number of carboxylic acids is 1. The van der Waals surface area contributed by atoms with Crippen LogP contribution >= 0.6 is 0 Å². The molecular formula is C12H22N2O4. The summed E-state index contributed by atoms with van der Waals surface area (Å²) in [5.41, 5.74) is 0. The standard InChI is InChI=1S/C12H22N2O4/c1-4-8(2)9(3)13-12(17)14-5-6-18-10(7-14)11(15)16/h8-10H,4-7H2,1-3H3,(H,13,17)(H,15,16). The molecule has 1 aliphatic rings. The molecule has 1 aliphatic heterocycles. The van der Waals surface area contributed by atoms with Crippen LogP contribution in [0.3, 0.4) is 0 Å². The molecule has 6 heteroatoms. The molecule has 1 heterocycles. The summed E-state index contributed by atoms with van der Waals surface area (Å²) in [6.45, 7) is 6.91. The molecule has 104 valence electrons. The number of carbonyl (C=O) groups is 2. The molecule has 0 aromatic carbocycles. The predicted octanol–water partition coefficient (Wildman–Crippen LogP) is 0.916. The first kappa shape index (κ1) is 14.8. The van der Waals surface area contributed by atoms with E-state index in [1.807, 2.05) is 6.92 Å². The molecule has 1 fully saturated rings. The Kier molecular flexibility index (Phi) is 5.40. The van der Waals surface area contributed by atoms with Crippen LogP contribution in [0.2, 0.25) is 0 Å². The van der Waals surface area contributed by atoms with Gasteiger partial charge in [-0.1, -0.05) is 20.3 Å². The largest absolute Gasteiger partial charge is 0.479 e. The molecule has 1 saturated heterocycles. The maximum atomic E-state index is 12.0. The summed E-state index contributed by atoms with van der Waals surface area (Å²) in [4.78, 5) is 24.3. The van der Waals surface area contributed by atoms with E-state index in [9.17, 15) is 9.59 Å². The van der Waals surface area contributed by atoms with Gasteiger partial charge in [-0.25, -0.2) is 9.59 Å². The summed E-state index contributed by atoms with van der Waals surface area (Å²) >= 11 is 0. The van der Waals surface area contributed by atoms with Gasteiger partial charge >= 0.3 is 12.0 Å². The lowest BCUT2D eigenvalue weighted by molar-refractivity contribution is -0.154. The molecule has 18 heavy (non-hydrogen) atoms. The first-order chi connectivity index (χ1) is 8.45. The molecule has 0 spiro atoms. The number of nitrogens with zero attached hydrogens (tertiary/aromatic N) is 1. The van der Waals surface area contributed by atoms with Crippen LogP contribution in [0.15, 0.2) is 0 Å². The maximum absolute atomic E-state index is 12.0. The Morgan fingerprint density at radius 2 is 2.17 bits per heavy atom. The zero-order chi connectivity index (χ0) is 13.7. The molecule has 0 aliphatic carbocycles. The molecule has 2 amide bonds. The van der Waals surface area contributed by atoms with E-state index in [2.05, 4.69) is 19.2 Å². The summed E-state index contributed by atoms with van der Waals surface area (Å²) in [6, 6.07) is -0.133. The second kappa shape index (κ2) is 6.58. The molecule has 2 N–H and O–H groups in total. The van der Waals surface area contributed by atoms with Gasteiger partial charge < -0.3 is 20.1 Å². The van der Waals surface area contributed by atoms with Crippen LogP contribution < -0.4 is 5.32 Å². The van der Waals surface area contributed by atoms with E-state index in [1.54, 1.807) is 0 Å². The lowest BCUT2D eigenvalue weighted by atomic mass is 10.0. The van der Waals surface area contributed by atoms with E-state index in [0.717, 1.165) is 6.42 Å². The van der Waals surface area contributed by atoms with E-state index in [-0.39, 0.29) is 25.2 Å². The van der Waals surface area contributed by atoms with Crippen molar-refractivity contribution in [2.24, 2.45) is 5.92 Å². The van der Waals surface area contributed by atoms with Crippen molar-refractivity contribution in [3.8, 4) is 0 Å². The monoisotopic (exact) mass is 258 g/mol. The number of carboxylic acid groups (broad SMARTS) is 1. The van der Waals surface area contributed by atoms with E-state index in [4.69, 9.17) is 9.84 Å². The van der Waals surface area contributed by atoms with Gasteiger partial charge in [0, 0.05) is 12.6 Å². The number of urea groups is 1. The Labute approximate surface area is 107 Å². The van der Waals surface area contributed by atoms with Crippen molar-refractivity contribution in [3.05, 3.63) is 0 Å². The Balaban J connectivity index is 2.48. The number of amides is 2. The highest BCUT2D eigenvalue weighted by atomic mass is 16.5. The number of ether oxygens (including phenoxy) is 1. The molecule has 1 rings (SSSR count). The van der Waals surface area contributed by atoms with Crippen LogP contribution in [0, 0.1) is 5.92 Å². The lowest BCUT2D eigenvalue weighted by Gasteiger charge is -2.32. The third-order valence-electron chi connectivity index (χ3n) is 3.48. The molecule has 0 aromatic rings. The van der Waals surface area contributed by atoms with E-state index in [0.29, 0.717) is 12.5 Å². The number of morpholine rings is 1. The van der Waals surface area contributed by atoms with Crippen molar-refractivity contribution in [2.45, 2.75) is 39.3 Å². The van der Waals surface area contributed by atoms with Crippen LogP contribution in [0.1, 0.15) is 27.2 Å². The quantitative estimate of drug-likeness (QED) is 0.785. The molecule has 0 bridgehead atoms. The lowest BCUT2D eigenvalue weighted by Crippen LogP contribution is -2.53. The average molecular weight is 258 g/mol. The Hall–Kier alpha value is -1.30. The SMILES string of the molecule is CCC(C)C(C)NC(=O)N1CCOC(C(=O)O)C1. The van der Waals surface area contributed by atoms with Crippen molar-refractivity contribution >= 4 is 12.0 Å². The third kappa shape index (κ3) is 3.87. The molecule has 0 radical (unpaired) electrons. The molecular weight excluding hydrogens is 236 g/mol.